The van der Waals surface area contributed by atoms with Crippen LogP contribution in [0, 0.1) is 0 Å². The smallest absolute Gasteiger partial charge is 0.399 e. The van der Waals surface area contributed by atoms with E-state index in [0.717, 1.165) is 14.8 Å². The van der Waals surface area contributed by atoms with E-state index in [1.54, 1.807) is 7.05 Å². The van der Waals surface area contributed by atoms with E-state index in [4.69, 9.17) is 9.31 Å². The molecular weight excluding hydrogens is 261 g/mol. The van der Waals surface area contributed by atoms with Crippen molar-refractivity contribution >= 4 is 24.5 Å². The predicted molar refractivity (Wildman–Crippen MR) is 77.6 cm³/mol. The normalized spacial score (nSPS) is 21.1. The molecule has 1 aliphatic rings. The summed E-state index contributed by atoms with van der Waals surface area (Å²) in [6.45, 7) is 8.16. The summed E-state index contributed by atoms with van der Waals surface area (Å²) in [5, 5.41) is 9.17. The molecule has 1 aromatic carbocycles. The summed E-state index contributed by atoms with van der Waals surface area (Å²) in [7, 11) is 1.25. The van der Waals surface area contributed by atoms with E-state index in [0.29, 0.717) is 0 Å². The SMILES string of the molecule is CN(O)Sc1ccc(B2OC(C)(C)C(C)(C)O2)cc1. The highest BCUT2D eigenvalue weighted by molar-refractivity contribution is 7.96. The van der Waals surface area contributed by atoms with Gasteiger partial charge in [-0.05, 0) is 57.2 Å². The van der Waals surface area contributed by atoms with Gasteiger partial charge in [0.1, 0.15) is 0 Å². The molecule has 4 nitrogen and oxygen atoms in total. The molecule has 104 valence electrons. The van der Waals surface area contributed by atoms with Crippen LogP contribution in [0.1, 0.15) is 27.7 Å². The monoisotopic (exact) mass is 281 g/mol. The molecule has 0 atom stereocenters. The standard InChI is InChI=1S/C13H20BNO3S/c1-12(2)13(3,4)18-14(17-12)10-6-8-11(9-7-10)19-15(5)16/h6-9,16H,1-5H3. The van der Waals surface area contributed by atoms with Crippen LogP contribution in [-0.2, 0) is 9.31 Å². The first-order valence-electron chi connectivity index (χ1n) is 6.27. The lowest BCUT2D eigenvalue weighted by Gasteiger charge is -2.32. The molecule has 1 aliphatic heterocycles. The molecule has 1 heterocycles. The first-order chi connectivity index (χ1) is 8.71. The van der Waals surface area contributed by atoms with Crippen LogP contribution in [0.4, 0.5) is 0 Å². The van der Waals surface area contributed by atoms with Gasteiger partial charge in [0.25, 0.3) is 0 Å². The van der Waals surface area contributed by atoms with Crippen LogP contribution in [0.25, 0.3) is 0 Å². The summed E-state index contributed by atoms with van der Waals surface area (Å²) in [6.07, 6.45) is 0. The van der Waals surface area contributed by atoms with E-state index in [-0.39, 0.29) is 18.3 Å². The fraction of sp³-hybridized carbons (Fsp3) is 0.538. The maximum Gasteiger partial charge on any atom is 0.494 e. The molecule has 0 radical (unpaired) electrons. The second-order valence-electron chi connectivity index (χ2n) is 5.71. The Morgan fingerprint density at radius 1 is 1.05 bits per heavy atom. The van der Waals surface area contributed by atoms with Crippen LogP contribution >= 0.6 is 11.9 Å². The molecule has 0 aliphatic carbocycles. The number of hydroxylamine groups is 1. The minimum Gasteiger partial charge on any atom is -0.399 e. The second kappa shape index (κ2) is 5.11. The lowest BCUT2D eigenvalue weighted by molar-refractivity contribution is 0.00578. The molecule has 1 aromatic rings. The van der Waals surface area contributed by atoms with Crippen molar-refractivity contribution in [2.24, 2.45) is 0 Å². The van der Waals surface area contributed by atoms with Crippen LogP contribution in [0.15, 0.2) is 29.2 Å². The van der Waals surface area contributed by atoms with Crippen molar-refractivity contribution in [1.82, 2.24) is 4.47 Å². The topological polar surface area (TPSA) is 41.9 Å². The first kappa shape index (κ1) is 14.9. The maximum absolute atomic E-state index is 9.17. The summed E-state index contributed by atoms with van der Waals surface area (Å²) in [5.74, 6) is 0. The van der Waals surface area contributed by atoms with Crippen LogP contribution < -0.4 is 5.46 Å². The zero-order valence-corrected chi connectivity index (χ0v) is 12.8. The van der Waals surface area contributed by atoms with Crippen molar-refractivity contribution in [1.29, 1.82) is 0 Å². The number of benzene rings is 1. The zero-order chi connectivity index (χ0) is 14.3. The van der Waals surface area contributed by atoms with Crippen molar-refractivity contribution in [3.8, 4) is 0 Å². The lowest BCUT2D eigenvalue weighted by Crippen LogP contribution is -2.41. The van der Waals surface area contributed by atoms with Gasteiger partial charge < -0.3 is 14.5 Å². The zero-order valence-electron chi connectivity index (χ0n) is 12.0. The molecule has 0 spiro atoms. The molecule has 6 heteroatoms. The predicted octanol–water partition coefficient (Wildman–Crippen LogP) is 2.31. The Labute approximate surface area is 119 Å². The van der Waals surface area contributed by atoms with Crippen molar-refractivity contribution in [2.45, 2.75) is 43.8 Å². The van der Waals surface area contributed by atoms with Crippen molar-refractivity contribution in [3.05, 3.63) is 24.3 Å². The number of rotatable bonds is 3. The molecule has 1 saturated heterocycles. The largest absolute Gasteiger partial charge is 0.494 e. The molecule has 0 bridgehead atoms. The van der Waals surface area contributed by atoms with Gasteiger partial charge in [-0.2, -0.15) is 0 Å². The Hall–Kier alpha value is -0.525. The van der Waals surface area contributed by atoms with E-state index in [9.17, 15) is 5.21 Å². The van der Waals surface area contributed by atoms with Gasteiger partial charge in [0.15, 0.2) is 0 Å². The van der Waals surface area contributed by atoms with Crippen LogP contribution in [0.3, 0.4) is 0 Å². The molecular formula is C13H20BNO3S. The number of hydrogen-bond donors (Lipinski definition) is 1. The average molecular weight is 281 g/mol. The average Bonchev–Trinajstić information content (AvgIpc) is 2.48. The molecule has 19 heavy (non-hydrogen) atoms. The fourth-order valence-electron chi connectivity index (χ4n) is 1.82. The van der Waals surface area contributed by atoms with Gasteiger partial charge in [0, 0.05) is 11.9 Å². The Kier molecular flexibility index (Phi) is 4.00. The minimum atomic E-state index is -0.337. The van der Waals surface area contributed by atoms with E-state index in [1.807, 2.05) is 52.0 Å². The third-order valence-corrected chi connectivity index (χ3v) is 4.39. The summed E-state index contributed by atoms with van der Waals surface area (Å²) in [6, 6.07) is 7.82. The highest BCUT2D eigenvalue weighted by Gasteiger charge is 2.51. The van der Waals surface area contributed by atoms with Crippen LogP contribution in [0.5, 0.6) is 0 Å². The molecule has 1 fully saturated rings. The Morgan fingerprint density at radius 2 is 1.53 bits per heavy atom. The van der Waals surface area contributed by atoms with Gasteiger partial charge in [0.2, 0.25) is 0 Å². The summed E-state index contributed by atoms with van der Waals surface area (Å²) >= 11 is 1.26. The van der Waals surface area contributed by atoms with E-state index < -0.39 is 0 Å². The van der Waals surface area contributed by atoms with E-state index in [1.165, 1.54) is 11.9 Å². The number of hydrogen-bond acceptors (Lipinski definition) is 5. The van der Waals surface area contributed by atoms with Gasteiger partial charge in [0.05, 0.1) is 11.2 Å². The van der Waals surface area contributed by atoms with Gasteiger partial charge in [-0.25, -0.2) is 0 Å². The third-order valence-electron chi connectivity index (χ3n) is 3.64. The molecule has 1 N–H and O–H groups in total. The summed E-state index contributed by atoms with van der Waals surface area (Å²) in [4.78, 5) is 0.963. The van der Waals surface area contributed by atoms with Gasteiger partial charge in [-0.1, -0.05) is 12.1 Å². The second-order valence-corrected chi connectivity index (χ2v) is 6.90. The van der Waals surface area contributed by atoms with Crippen molar-refractivity contribution < 1.29 is 14.5 Å². The third kappa shape index (κ3) is 3.15. The Morgan fingerprint density at radius 3 is 1.95 bits per heavy atom. The van der Waals surface area contributed by atoms with Crippen molar-refractivity contribution in [3.63, 3.8) is 0 Å². The van der Waals surface area contributed by atoms with E-state index >= 15 is 0 Å². The van der Waals surface area contributed by atoms with Crippen molar-refractivity contribution in [2.75, 3.05) is 7.05 Å². The minimum absolute atomic E-state index is 0.323. The van der Waals surface area contributed by atoms with Gasteiger partial charge >= 0.3 is 7.12 Å². The van der Waals surface area contributed by atoms with Crippen LogP contribution in [-0.4, -0.2) is 35.0 Å². The molecule has 0 aromatic heterocycles. The quantitative estimate of drug-likeness (QED) is 0.523. The lowest BCUT2D eigenvalue weighted by atomic mass is 9.79. The van der Waals surface area contributed by atoms with Gasteiger partial charge in [-0.3, -0.25) is 0 Å². The summed E-state index contributed by atoms with van der Waals surface area (Å²) < 4.78 is 13.0. The first-order valence-corrected chi connectivity index (χ1v) is 7.05. The molecule has 2 rings (SSSR count). The van der Waals surface area contributed by atoms with Crippen LogP contribution in [0.2, 0.25) is 0 Å². The number of nitrogens with zero attached hydrogens (tertiary/aromatic N) is 1. The summed E-state index contributed by atoms with van der Waals surface area (Å²) in [5.41, 5.74) is 0.343. The molecule has 0 saturated carbocycles. The Bertz CT molecular complexity index is 432. The highest BCUT2D eigenvalue weighted by Crippen LogP contribution is 2.36. The van der Waals surface area contributed by atoms with E-state index in [2.05, 4.69) is 0 Å². The fourth-order valence-corrected chi connectivity index (χ4v) is 2.38. The molecule has 0 unspecified atom stereocenters. The van der Waals surface area contributed by atoms with Gasteiger partial charge in [-0.15, -0.1) is 4.47 Å². The maximum atomic E-state index is 9.17. The Balaban J connectivity index is 2.12. The molecule has 0 amide bonds. The highest BCUT2D eigenvalue weighted by atomic mass is 32.2.